The maximum atomic E-state index is 13.1. The Balaban J connectivity index is 2.13. The Kier molecular flexibility index (Phi) is 3.75. The number of ether oxygens (including phenoxy) is 1. The average molecular weight is 301 g/mol. The fourth-order valence-corrected chi connectivity index (χ4v) is 1.73. The molecule has 0 bridgehead atoms. The van der Waals surface area contributed by atoms with Crippen LogP contribution in [0.15, 0.2) is 33.4 Å². The summed E-state index contributed by atoms with van der Waals surface area (Å²) in [6.45, 7) is 0.583. The van der Waals surface area contributed by atoms with Crippen molar-refractivity contribution in [3.63, 3.8) is 0 Å². The second kappa shape index (κ2) is 5.29. The number of nitrogens with one attached hydrogen (secondary N) is 1. The summed E-state index contributed by atoms with van der Waals surface area (Å²) in [6, 6.07) is 4.23. The van der Waals surface area contributed by atoms with E-state index in [1.807, 2.05) is 0 Å². The standard InChI is InChI=1S/C11H10BrFN2O2/c1-14-5-9-6-16-11(15-9)17-10-3-7(12)2-8(13)4-10/h2-4,6,14H,5H2,1H3. The van der Waals surface area contributed by atoms with Crippen LogP contribution in [0.3, 0.4) is 0 Å². The number of hydrogen-bond donors (Lipinski definition) is 1. The average Bonchev–Trinajstić information content (AvgIpc) is 2.64. The number of rotatable bonds is 4. The summed E-state index contributed by atoms with van der Waals surface area (Å²) in [4.78, 5) is 4.07. The van der Waals surface area contributed by atoms with Crippen LogP contribution >= 0.6 is 15.9 Å². The third-order valence-corrected chi connectivity index (χ3v) is 2.39. The van der Waals surface area contributed by atoms with E-state index in [0.717, 1.165) is 5.69 Å². The summed E-state index contributed by atoms with van der Waals surface area (Å²) in [5.74, 6) is -0.0638. The van der Waals surface area contributed by atoms with E-state index in [1.54, 1.807) is 13.1 Å². The Morgan fingerprint density at radius 2 is 2.29 bits per heavy atom. The first-order valence-corrected chi connectivity index (χ1v) is 5.69. The van der Waals surface area contributed by atoms with Crippen molar-refractivity contribution in [2.75, 3.05) is 7.05 Å². The molecule has 0 aliphatic heterocycles. The van der Waals surface area contributed by atoms with E-state index in [4.69, 9.17) is 9.15 Å². The van der Waals surface area contributed by atoms with Gasteiger partial charge in [-0.3, -0.25) is 0 Å². The Hall–Kier alpha value is -1.40. The van der Waals surface area contributed by atoms with Crippen LogP contribution in [-0.4, -0.2) is 12.0 Å². The summed E-state index contributed by atoms with van der Waals surface area (Å²) < 4.78 is 24.1. The summed E-state index contributed by atoms with van der Waals surface area (Å²) in [5, 5.41) is 2.93. The number of nitrogens with zero attached hydrogens (tertiary/aromatic N) is 1. The van der Waals surface area contributed by atoms with E-state index in [-0.39, 0.29) is 6.08 Å². The Labute approximate surface area is 106 Å². The SMILES string of the molecule is CNCc1coc(Oc2cc(F)cc(Br)c2)n1. The number of halogens is 2. The lowest BCUT2D eigenvalue weighted by atomic mass is 10.3. The molecular weight excluding hydrogens is 291 g/mol. The largest absolute Gasteiger partial charge is 0.417 e. The summed E-state index contributed by atoms with van der Waals surface area (Å²) in [5.41, 5.74) is 0.720. The highest BCUT2D eigenvalue weighted by molar-refractivity contribution is 9.10. The van der Waals surface area contributed by atoms with Crippen molar-refractivity contribution >= 4 is 15.9 Å². The molecule has 1 aromatic carbocycles. The summed E-state index contributed by atoms with van der Waals surface area (Å²) in [7, 11) is 1.80. The second-order valence-electron chi connectivity index (χ2n) is 3.34. The first-order chi connectivity index (χ1) is 8.17. The first kappa shape index (κ1) is 12.1. The van der Waals surface area contributed by atoms with Gasteiger partial charge in [0.2, 0.25) is 0 Å². The van der Waals surface area contributed by atoms with E-state index in [9.17, 15) is 4.39 Å². The molecule has 0 saturated heterocycles. The molecule has 6 heteroatoms. The molecule has 90 valence electrons. The predicted octanol–water partition coefficient (Wildman–Crippen LogP) is 3.09. The Morgan fingerprint density at radius 3 is 3.00 bits per heavy atom. The fraction of sp³-hybridized carbons (Fsp3) is 0.182. The molecule has 0 aliphatic carbocycles. The molecule has 2 aromatic rings. The maximum absolute atomic E-state index is 13.1. The maximum Gasteiger partial charge on any atom is 0.399 e. The monoisotopic (exact) mass is 300 g/mol. The van der Waals surface area contributed by atoms with Crippen molar-refractivity contribution in [1.82, 2.24) is 10.3 Å². The lowest BCUT2D eigenvalue weighted by molar-refractivity contribution is 0.329. The van der Waals surface area contributed by atoms with Crippen molar-refractivity contribution in [3.05, 3.63) is 40.4 Å². The smallest absolute Gasteiger partial charge is 0.399 e. The van der Waals surface area contributed by atoms with Gasteiger partial charge in [0.1, 0.15) is 17.8 Å². The lowest BCUT2D eigenvalue weighted by Gasteiger charge is -2.01. The van der Waals surface area contributed by atoms with Crippen LogP contribution in [-0.2, 0) is 6.54 Å². The van der Waals surface area contributed by atoms with E-state index in [1.165, 1.54) is 18.4 Å². The number of oxazole rings is 1. The van der Waals surface area contributed by atoms with Crippen LogP contribution in [0.2, 0.25) is 0 Å². The molecule has 0 fully saturated rings. The molecular formula is C11H10BrFN2O2. The minimum atomic E-state index is -0.392. The molecule has 1 heterocycles. The van der Waals surface area contributed by atoms with Gasteiger partial charge in [-0.25, -0.2) is 4.39 Å². The summed E-state index contributed by atoms with van der Waals surface area (Å²) >= 11 is 3.18. The third-order valence-electron chi connectivity index (χ3n) is 1.93. The summed E-state index contributed by atoms with van der Waals surface area (Å²) in [6.07, 6.45) is 1.58. The van der Waals surface area contributed by atoms with Gasteiger partial charge in [0.15, 0.2) is 0 Å². The molecule has 0 radical (unpaired) electrons. The van der Waals surface area contributed by atoms with E-state index in [0.29, 0.717) is 16.8 Å². The van der Waals surface area contributed by atoms with Crippen LogP contribution in [0.4, 0.5) is 4.39 Å². The topological polar surface area (TPSA) is 47.3 Å². The van der Waals surface area contributed by atoms with Gasteiger partial charge in [-0.1, -0.05) is 15.9 Å². The highest BCUT2D eigenvalue weighted by atomic mass is 79.9. The molecule has 0 atom stereocenters. The number of hydrogen-bond acceptors (Lipinski definition) is 4. The Morgan fingerprint density at radius 1 is 1.47 bits per heavy atom. The van der Waals surface area contributed by atoms with Crippen LogP contribution in [0.25, 0.3) is 0 Å². The highest BCUT2D eigenvalue weighted by Crippen LogP contribution is 2.25. The highest BCUT2D eigenvalue weighted by Gasteiger charge is 2.07. The van der Waals surface area contributed by atoms with Gasteiger partial charge in [-0.05, 0) is 19.2 Å². The molecule has 0 saturated carbocycles. The van der Waals surface area contributed by atoms with Crippen molar-refractivity contribution < 1.29 is 13.5 Å². The van der Waals surface area contributed by atoms with Crippen LogP contribution in [0.5, 0.6) is 11.8 Å². The minimum Gasteiger partial charge on any atom is -0.417 e. The number of aromatic nitrogens is 1. The zero-order valence-corrected chi connectivity index (χ0v) is 10.6. The lowest BCUT2D eigenvalue weighted by Crippen LogP contribution is -2.04. The van der Waals surface area contributed by atoms with Crippen molar-refractivity contribution in [3.8, 4) is 11.8 Å². The zero-order chi connectivity index (χ0) is 12.3. The molecule has 4 nitrogen and oxygen atoms in total. The molecule has 2 rings (SSSR count). The van der Waals surface area contributed by atoms with E-state index in [2.05, 4.69) is 26.2 Å². The third kappa shape index (κ3) is 3.28. The Bertz CT molecular complexity index is 496. The first-order valence-electron chi connectivity index (χ1n) is 4.90. The molecule has 17 heavy (non-hydrogen) atoms. The minimum absolute atomic E-state index is 0.0905. The van der Waals surface area contributed by atoms with Crippen LogP contribution in [0, 0.1) is 5.82 Å². The molecule has 0 amide bonds. The quantitative estimate of drug-likeness (QED) is 0.942. The second-order valence-corrected chi connectivity index (χ2v) is 4.26. The molecule has 0 spiro atoms. The van der Waals surface area contributed by atoms with Crippen molar-refractivity contribution in [2.45, 2.75) is 6.54 Å². The normalized spacial score (nSPS) is 10.5. The van der Waals surface area contributed by atoms with Gasteiger partial charge in [0, 0.05) is 17.1 Å². The van der Waals surface area contributed by atoms with Gasteiger partial charge < -0.3 is 14.5 Å². The molecule has 0 aliphatic rings. The fourth-order valence-electron chi connectivity index (χ4n) is 1.29. The molecule has 1 aromatic heterocycles. The molecule has 1 N–H and O–H groups in total. The zero-order valence-electron chi connectivity index (χ0n) is 9.04. The van der Waals surface area contributed by atoms with Gasteiger partial charge in [-0.15, -0.1) is 0 Å². The van der Waals surface area contributed by atoms with Gasteiger partial charge >= 0.3 is 6.08 Å². The van der Waals surface area contributed by atoms with Crippen molar-refractivity contribution in [1.29, 1.82) is 0 Å². The number of benzene rings is 1. The van der Waals surface area contributed by atoms with Crippen molar-refractivity contribution in [2.24, 2.45) is 0 Å². The predicted molar refractivity (Wildman–Crippen MR) is 63.4 cm³/mol. The van der Waals surface area contributed by atoms with Crippen LogP contribution in [0.1, 0.15) is 5.69 Å². The van der Waals surface area contributed by atoms with E-state index < -0.39 is 5.82 Å². The van der Waals surface area contributed by atoms with E-state index >= 15 is 0 Å². The van der Waals surface area contributed by atoms with Gasteiger partial charge in [0.25, 0.3) is 0 Å². The van der Waals surface area contributed by atoms with Gasteiger partial charge in [-0.2, -0.15) is 4.98 Å². The molecule has 0 unspecified atom stereocenters. The van der Waals surface area contributed by atoms with Gasteiger partial charge in [0.05, 0.1) is 5.69 Å². The van der Waals surface area contributed by atoms with Crippen LogP contribution < -0.4 is 10.1 Å².